The van der Waals surface area contributed by atoms with Gasteiger partial charge < -0.3 is 9.64 Å². The summed E-state index contributed by atoms with van der Waals surface area (Å²) in [6.45, 7) is 5.41. The minimum atomic E-state index is 0.0652. The van der Waals surface area contributed by atoms with Crippen LogP contribution in [0.25, 0.3) is 0 Å². The van der Waals surface area contributed by atoms with Crippen molar-refractivity contribution in [3.05, 3.63) is 30.3 Å². The molecule has 0 aromatic heterocycles. The van der Waals surface area contributed by atoms with Crippen LogP contribution in [0, 0.1) is 0 Å². The Balaban J connectivity index is 1.80. The van der Waals surface area contributed by atoms with Crippen molar-refractivity contribution in [2.24, 2.45) is 0 Å². The first-order chi connectivity index (χ1) is 10.7. The van der Waals surface area contributed by atoms with E-state index in [4.69, 9.17) is 4.74 Å². The number of carbonyl (C=O) groups is 1. The SMILES string of the molecule is CCCN1CCCCC1C(=O)N(C)CCOc1ccccc1. The molecule has 1 fully saturated rings. The van der Waals surface area contributed by atoms with Crippen molar-refractivity contribution in [1.29, 1.82) is 0 Å². The van der Waals surface area contributed by atoms with Crippen LogP contribution in [-0.2, 0) is 4.79 Å². The maximum Gasteiger partial charge on any atom is 0.239 e. The van der Waals surface area contributed by atoms with Gasteiger partial charge in [-0.1, -0.05) is 31.5 Å². The largest absolute Gasteiger partial charge is 0.492 e. The van der Waals surface area contributed by atoms with E-state index in [1.54, 1.807) is 0 Å². The van der Waals surface area contributed by atoms with Crippen LogP contribution in [0.2, 0.25) is 0 Å². The summed E-state index contributed by atoms with van der Waals surface area (Å²) in [7, 11) is 1.88. The maximum absolute atomic E-state index is 12.7. The average molecular weight is 304 g/mol. The molecule has 1 aromatic carbocycles. The van der Waals surface area contributed by atoms with Gasteiger partial charge in [-0.3, -0.25) is 9.69 Å². The summed E-state index contributed by atoms with van der Waals surface area (Å²) in [4.78, 5) is 16.8. The summed E-state index contributed by atoms with van der Waals surface area (Å²) in [5.41, 5.74) is 0. The van der Waals surface area contributed by atoms with Gasteiger partial charge in [0.25, 0.3) is 0 Å². The Morgan fingerprint density at radius 2 is 2.09 bits per heavy atom. The Bertz CT molecular complexity index is 448. The van der Waals surface area contributed by atoms with Gasteiger partial charge in [0, 0.05) is 7.05 Å². The third-order valence-corrected chi connectivity index (χ3v) is 4.22. The number of piperidine rings is 1. The van der Waals surface area contributed by atoms with Crippen LogP contribution < -0.4 is 4.74 Å². The average Bonchev–Trinajstić information content (AvgIpc) is 2.56. The van der Waals surface area contributed by atoms with E-state index in [-0.39, 0.29) is 11.9 Å². The number of hydrogen-bond acceptors (Lipinski definition) is 3. The van der Waals surface area contributed by atoms with Crippen molar-refractivity contribution in [2.45, 2.75) is 38.6 Å². The van der Waals surface area contributed by atoms with Gasteiger partial charge in [0.05, 0.1) is 12.6 Å². The second-order valence-electron chi connectivity index (χ2n) is 5.97. The van der Waals surface area contributed by atoms with Gasteiger partial charge in [-0.15, -0.1) is 0 Å². The molecule has 1 unspecified atom stereocenters. The smallest absolute Gasteiger partial charge is 0.239 e. The number of rotatable bonds is 7. The van der Waals surface area contributed by atoms with Crippen LogP contribution in [-0.4, -0.2) is 55.0 Å². The Kier molecular flexibility index (Phi) is 6.72. The van der Waals surface area contributed by atoms with Crippen molar-refractivity contribution in [3.8, 4) is 5.75 Å². The molecule has 0 N–H and O–H groups in total. The molecule has 4 heteroatoms. The van der Waals surface area contributed by atoms with Crippen molar-refractivity contribution in [1.82, 2.24) is 9.80 Å². The van der Waals surface area contributed by atoms with E-state index in [1.165, 1.54) is 6.42 Å². The minimum absolute atomic E-state index is 0.0652. The van der Waals surface area contributed by atoms with E-state index in [0.29, 0.717) is 13.2 Å². The van der Waals surface area contributed by atoms with Crippen LogP contribution in [0.1, 0.15) is 32.6 Å². The fourth-order valence-electron chi connectivity index (χ4n) is 3.01. The van der Waals surface area contributed by atoms with E-state index in [9.17, 15) is 4.79 Å². The highest BCUT2D eigenvalue weighted by atomic mass is 16.5. The molecular weight excluding hydrogens is 276 g/mol. The molecular formula is C18H28N2O2. The first-order valence-corrected chi connectivity index (χ1v) is 8.39. The molecule has 0 spiro atoms. The summed E-state index contributed by atoms with van der Waals surface area (Å²) in [6, 6.07) is 9.81. The van der Waals surface area contributed by atoms with Crippen LogP contribution in [0.3, 0.4) is 0 Å². The van der Waals surface area contributed by atoms with Gasteiger partial charge in [0.15, 0.2) is 0 Å². The first-order valence-electron chi connectivity index (χ1n) is 8.39. The fourth-order valence-corrected chi connectivity index (χ4v) is 3.01. The monoisotopic (exact) mass is 304 g/mol. The number of amides is 1. The Hall–Kier alpha value is -1.55. The zero-order valence-electron chi connectivity index (χ0n) is 13.8. The topological polar surface area (TPSA) is 32.8 Å². The second kappa shape index (κ2) is 8.79. The summed E-state index contributed by atoms with van der Waals surface area (Å²) < 4.78 is 5.68. The molecule has 1 saturated heterocycles. The van der Waals surface area contributed by atoms with Crippen molar-refractivity contribution < 1.29 is 9.53 Å². The molecule has 0 aliphatic carbocycles. The van der Waals surface area contributed by atoms with Crippen molar-refractivity contribution >= 4 is 5.91 Å². The molecule has 1 heterocycles. The third kappa shape index (κ3) is 4.73. The van der Waals surface area contributed by atoms with E-state index < -0.39 is 0 Å². The molecule has 122 valence electrons. The van der Waals surface area contributed by atoms with E-state index in [2.05, 4.69) is 11.8 Å². The summed E-state index contributed by atoms with van der Waals surface area (Å²) >= 11 is 0. The minimum Gasteiger partial charge on any atom is -0.492 e. The molecule has 1 amide bonds. The molecule has 2 rings (SSSR count). The molecule has 1 aliphatic rings. The highest BCUT2D eigenvalue weighted by molar-refractivity contribution is 5.81. The molecule has 0 radical (unpaired) electrons. The van der Waals surface area contributed by atoms with Crippen molar-refractivity contribution in [3.63, 3.8) is 0 Å². The van der Waals surface area contributed by atoms with Crippen LogP contribution in [0.4, 0.5) is 0 Å². The number of carbonyl (C=O) groups excluding carboxylic acids is 1. The van der Waals surface area contributed by atoms with Crippen molar-refractivity contribution in [2.75, 3.05) is 33.3 Å². The van der Waals surface area contributed by atoms with Crippen LogP contribution in [0.5, 0.6) is 5.75 Å². The number of ether oxygens (including phenoxy) is 1. The molecule has 0 saturated carbocycles. The van der Waals surface area contributed by atoms with Gasteiger partial charge in [0.1, 0.15) is 12.4 Å². The van der Waals surface area contributed by atoms with Gasteiger partial charge in [-0.2, -0.15) is 0 Å². The summed E-state index contributed by atoms with van der Waals surface area (Å²) in [5.74, 6) is 1.10. The lowest BCUT2D eigenvalue weighted by Gasteiger charge is -2.36. The van der Waals surface area contributed by atoms with Gasteiger partial charge >= 0.3 is 0 Å². The molecule has 0 bridgehead atoms. The third-order valence-electron chi connectivity index (χ3n) is 4.22. The van der Waals surface area contributed by atoms with E-state index >= 15 is 0 Å². The Morgan fingerprint density at radius 1 is 1.32 bits per heavy atom. The van der Waals surface area contributed by atoms with Crippen LogP contribution >= 0.6 is 0 Å². The zero-order valence-corrected chi connectivity index (χ0v) is 13.8. The fraction of sp³-hybridized carbons (Fsp3) is 0.611. The predicted molar refractivity (Wildman–Crippen MR) is 89.1 cm³/mol. The van der Waals surface area contributed by atoms with E-state index in [0.717, 1.165) is 38.1 Å². The normalized spacial score (nSPS) is 18.9. The quantitative estimate of drug-likeness (QED) is 0.776. The predicted octanol–water partition coefficient (Wildman–Crippen LogP) is 2.79. The summed E-state index contributed by atoms with van der Waals surface area (Å²) in [6.07, 6.45) is 4.46. The molecule has 1 atom stereocenters. The lowest BCUT2D eigenvalue weighted by atomic mass is 10.0. The number of likely N-dealkylation sites (tertiary alicyclic amines) is 1. The number of nitrogens with zero attached hydrogens (tertiary/aromatic N) is 2. The molecule has 22 heavy (non-hydrogen) atoms. The van der Waals surface area contributed by atoms with Gasteiger partial charge in [-0.25, -0.2) is 0 Å². The Morgan fingerprint density at radius 3 is 2.82 bits per heavy atom. The standard InChI is InChI=1S/C18H28N2O2/c1-3-12-20-13-8-7-11-17(20)18(21)19(2)14-15-22-16-9-5-4-6-10-16/h4-6,9-10,17H,3,7-8,11-15H2,1-2H3. The first kappa shape index (κ1) is 16.8. The molecule has 1 aliphatic heterocycles. The number of para-hydroxylation sites is 1. The van der Waals surface area contributed by atoms with E-state index in [1.807, 2.05) is 42.3 Å². The number of likely N-dealkylation sites (N-methyl/N-ethyl adjacent to an activating group) is 1. The molecule has 1 aromatic rings. The second-order valence-corrected chi connectivity index (χ2v) is 5.97. The molecule has 4 nitrogen and oxygen atoms in total. The lowest BCUT2D eigenvalue weighted by Crippen LogP contribution is -2.50. The van der Waals surface area contributed by atoms with Crippen LogP contribution in [0.15, 0.2) is 30.3 Å². The highest BCUT2D eigenvalue weighted by Crippen LogP contribution is 2.19. The highest BCUT2D eigenvalue weighted by Gasteiger charge is 2.29. The number of hydrogen-bond donors (Lipinski definition) is 0. The van der Waals surface area contributed by atoms with Gasteiger partial charge in [0.2, 0.25) is 5.91 Å². The maximum atomic E-state index is 12.7. The summed E-state index contributed by atoms with van der Waals surface area (Å²) in [5, 5.41) is 0. The zero-order chi connectivity index (χ0) is 15.8. The van der Waals surface area contributed by atoms with Gasteiger partial charge in [-0.05, 0) is 44.5 Å². The Labute approximate surface area is 134 Å². The lowest BCUT2D eigenvalue weighted by molar-refractivity contribution is -0.137. The number of benzene rings is 1.